The third kappa shape index (κ3) is 4.16. The summed E-state index contributed by atoms with van der Waals surface area (Å²) in [7, 11) is 0. The lowest BCUT2D eigenvalue weighted by molar-refractivity contribution is -0.120. The number of hydrogen-bond donors (Lipinski definition) is 2. The second kappa shape index (κ2) is 6.81. The maximum Gasteiger partial charge on any atom is 0.243 e. The van der Waals surface area contributed by atoms with Gasteiger partial charge in [0.05, 0.1) is 13.2 Å². The average Bonchev–Trinajstić information content (AvgIpc) is 2.33. The fourth-order valence-corrected chi connectivity index (χ4v) is 1.62. The summed E-state index contributed by atoms with van der Waals surface area (Å²) in [6.45, 7) is 1.78. The van der Waals surface area contributed by atoms with Gasteiger partial charge >= 0.3 is 0 Å². The van der Waals surface area contributed by atoms with E-state index in [1.54, 1.807) is 24.3 Å². The SMILES string of the molecule is Cl.O=C(Nc1ccc(Cl)cc1)C1COCCN1. The van der Waals surface area contributed by atoms with Gasteiger partial charge in [0.1, 0.15) is 6.04 Å². The van der Waals surface area contributed by atoms with Crippen LogP contribution < -0.4 is 10.6 Å². The predicted molar refractivity (Wildman–Crippen MR) is 69.9 cm³/mol. The van der Waals surface area contributed by atoms with Crippen LogP contribution in [0.15, 0.2) is 24.3 Å². The second-order valence-electron chi connectivity index (χ2n) is 3.58. The Hall–Kier alpha value is -0.810. The van der Waals surface area contributed by atoms with Crippen molar-refractivity contribution in [3.8, 4) is 0 Å². The van der Waals surface area contributed by atoms with E-state index in [9.17, 15) is 4.79 Å². The number of carbonyl (C=O) groups excluding carboxylic acids is 1. The van der Waals surface area contributed by atoms with Crippen LogP contribution in [0.3, 0.4) is 0 Å². The highest BCUT2D eigenvalue weighted by Crippen LogP contribution is 2.13. The zero-order valence-electron chi connectivity index (χ0n) is 9.11. The number of nitrogens with one attached hydrogen (secondary N) is 2. The summed E-state index contributed by atoms with van der Waals surface area (Å²) in [6, 6.07) is 6.74. The standard InChI is InChI=1S/C11H13ClN2O2.ClH/c12-8-1-3-9(4-2-8)14-11(15)10-7-16-6-5-13-10;/h1-4,10,13H,5-7H2,(H,14,15);1H. The van der Waals surface area contributed by atoms with Gasteiger partial charge in [-0.25, -0.2) is 0 Å². The van der Waals surface area contributed by atoms with Crippen molar-refractivity contribution in [2.24, 2.45) is 0 Å². The number of benzene rings is 1. The second-order valence-corrected chi connectivity index (χ2v) is 4.01. The molecule has 94 valence electrons. The van der Waals surface area contributed by atoms with Gasteiger partial charge in [-0.3, -0.25) is 4.79 Å². The molecule has 0 aromatic heterocycles. The van der Waals surface area contributed by atoms with E-state index in [1.807, 2.05) is 0 Å². The maximum atomic E-state index is 11.8. The molecule has 0 saturated carbocycles. The maximum absolute atomic E-state index is 11.8. The molecule has 0 bridgehead atoms. The molecule has 1 heterocycles. The van der Waals surface area contributed by atoms with Gasteiger partial charge in [-0.2, -0.15) is 0 Å². The fraction of sp³-hybridized carbons (Fsp3) is 0.364. The Morgan fingerprint density at radius 1 is 1.41 bits per heavy atom. The smallest absolute Gasteiger partial charge is 0.243 e. The number of amides is 1. The minimum Gasteiger partial charge on any atom is -0.378 e. The van der Waals surface area contributed by atoms with Crippen molar-refractivity contribution in [2.45, 2.75) is 6.04 Å². The molecule has 1 atom stereocenters. The van der Waals surface area contributed by atoms with Gasteiger partial charge < -0.3 is 15.4 Å². The first-order valence-electron chi connectivity index (χ1n) is 5.13. The number of rotatable bonds is 2. The quantitative estimate of drug-likeness (QED) is 0.865. The van der Waals surface area contributed by atoms with Gasteiger partial charge in [0, 0.05) is 17.3 Å². The Labute approximate surface area is 111 Å². The lowest BCUT2D eigenvalue weighted by Crippen LogP contribution is -2.48. The summed E-state index contributed by atoms with van der Waals surface area (Å²) in [5, 5.41) is 6.54. The van der Waals surface area contributed by atoms with Crippen LogP contribution >= 0.6 is 24.0 Å². The summed E-state index contributed by atoms with van der Waals surface area (Å²) in [5.74, 6) is -0.0815. The minimum atomic E-state index is -0.274. The first-order chi connectivity index (χ1) is 7.75. The van der Waals surface area contributed by atoms with Crippen molar-refractivity contribution in [3.05, 3.63) is 29.3 Å². The van der Waals surface area contributed by atoms with Crippen molar-refractivity contribution in [1.29, 1.82) is 0 Å². The normalized spacial score (nSPS) is 19.2. The van der Waals surface area contributed by atoms with Crippen molar-refractivity contribution in [2.75, 3.05) is 25.1 Å². The molecule has 2 rings (SSSR count). The van der Waals surface area contributed by atoms with Crippen LogP contribution in [0.2, 0.25) is 5.02 Å². The fourth-order valence-electron chi connectivity index (χ4n) is 1.50. The van der Waals surface area contributed by atoms with E-state index >= 15 is 0 Å². The van der Waals surface area contributed by atoms with Crippen LogP contribution in [0.25, 0.3) is 0 Å². The van der Waals surface area contributed by atoms with Crippen LogP contribution in [0, 0.1) is 0 Å². The van der Waals surface area contributed by atoms with Gasteiger partial charge in [0.15, 0.2) is 0 Å². The molecule has 6 heteroatoms. The van der Waals surface area contributed by atoms with Gasteiger partial charge in [0.2, 0.25) is 5.91 Å². The van der Waals surface area contributed by atoms with E-state index in [2.05, 4.69) is 10.6 Å². The van der Waals surface area contributed by atoms with E-state index in [4.69, 9.17) is 16.3 Å². The Morgan fingerprint density at radius 2 is 2.12 bits per heavy atom. The topological polar surface area (TPSA) is 50.4 Å². The molecule has 1 unspecified atom stereocenters. The van der Waals surface area contributed by atoms with Crippen molar-refractivity contribution < 1.29 is 9.53 Å². The molecule has 17 heavy (non-hydrogen) atoms. The molecule has 1 aromatic rings. The summed E-state index contributed by atoms with van der Waals surface area (Å²) in [6.07, 6.45) is 0. The van der Waals surface area contributed by atoms with Crippen molar-refractivity contribution in [3.63, 3.8) is 0 Å². The summed E-state index contributed by atoms with van der Waals surface area (Å²) >= 11 is 5.75. The lowest BCUT2D eigenvalue weighted by Gasteiger charge is -2.22. The number of ether oxygens (including phenoxy) is 1. The number of hydrogen-bond acceptors (Lipinski definition) is 3. The molecule has 1 aliphatic heterocycles. The van der Waals surface area contributed by atoms with Crippen LogP contribution in [-0.2, 0) is 9.53 Å². The Bertz CT molecular complexity index is 364. The molecule has 0 aliphatic carbocycles. The molecule has 0 radical (unpaired) electrons. The highest BCUT2D eigenvalue weighted by atomic mass is 35.5. The summed E-state index contributed by atoms with van der Waals surface area (Å²) in [4.78, 5) is 11.8. The first-order valence-corrected chi connectivity index (χ1v) is 5.51. The Morgan fingerprint density at radius 3 is 2.71 bits per heavy atom. The monoisotopic (exact) mass is 276 g/mol. The van der Waals surface area contributed by atoms with E-state index in [0.717, 1.165) is 5.69 Å². The van der Waals surface area contributed by atoms with Crippen LogP contribution in [0.5, 0.6) is 0 Å². The summed E-state index contributed by atoms with van der Waals surface area (Å²) < 4.78 is 5.22. The van der Waals surface area contributed by atoms with E-state index in [-0.39, 0.29) is 24.4 Å². The summed E-state index contributed by atoms with van der Waals surface area (Å²) in [5.41, 5.74) is 0.738. The third-order valence-corrected chi connectivity index (χ3v) is 2.60. The third-order valence-electron chi connectivity index (χ3n) is 2.35. The zero-order chi connectivity index (χ0) is 11.4. The van der Waals surface area contributed by atoms with Gasteiger partial charge in [0.25, 0.3) is 0 Å². The molecule has 1 fully saturated rings. The number of morpholine rings is 1. The van der Waals surface area contributed by atoms with Crippen LogP contribution in [-0.4, -0.2) is 31.7 Å². The van der Waals surface area contributed by atoms with Crippen molar-refractivity contribution >= 4 is 35.6 Å². The van der Waals surface area contributed by atoms with Gasteiger partial charge in [-0.1, -0.05) is 11.6 Å². The molecular weight excluding hydrogens is 263 g/mol. The van der Waals surface area contributed by atoms with Gasteiger partial charge in [-0.05, 0) is 24.3 Å². The Balaban J connectivity index is 0.00000144. The Kier molecular flexibility index (Phi) is 5.71. The molecule has 2 N–H and O–H groups in total. The number of anilines is 1. The van der Waals surface area contributed by atoms with Crippen LogP contribution in [0.1, 0.15) is 0 Å². The van der Waals surface area contributed by atoms with E-state index in [0.29, 0.717) is 24.8 Å². The highest BCUT2D eigenvalue weighted by molar-refractivity contribution is 6.30. The van der Waals surface area contributed by atoms with E-state index in [1.165, 1.54) is 0 Å². The minimum absolute atomic E-state index is 0. The van der Waals surface area contributed by atoms with Gasteiger partial charge in [-0.15, -0.1) is 12.4 Å². The largest absolute Gasteiger partial charge is 0.378 e. The molecule has 4 nitrogen and oxygen atoms in total. The molecule has 1 aromatic carbocycles. The van der Waals surface area contributed by atoms with E-state index < -0.39 is 0 Å². The average molecular weight is 277 g/mol. The van der Waals surface area contributed by atoms with Crippen LogP contribution in [0.4, 0.5) is 5.69 Å². The molecule has 0 spiro atoms. The molecular formula is C11H14Cl2N2O2. The zero-order valence-corrected chi connectivity index (χ0v) is 10.7. The number of halogens is 2. The molecule has 1 saturated heterocycles. The predicted octanol–water partition coefficient (Wildman–Crippen LogP) is 1.69. The highest BCUT2D eigenvalue weighted by Gasteiger charge is 2.20. The molecule has 1 amide bonds. The van der Waals surface area contributed by atoms with Crippen molar-refractivity contribution in [1.82, 2.24) is 5.32 Å². The molecule has 1 aliphatic rings. The first kappa shape index (κ1) is 14.3. The lowest BCUT2D eigenvalue weighted by atomic mass is 10.2. The number of carbonyl (C=O) groups is 1.